The molecule has 0 unspecified atom stereocenters. The van der Waals surface area contributed by atoms with Gasteiger partial charge in [0, 0.05) is 17.3 Å². The average molecular weight is 208 g/mol. The van der Waals surface area contributed by atoms with Crippen LogP contribution < -0.4 is 0 Å². The van der Waals surface area contributed by atoms with Crippen LogP contribution in [0.3, 0.4) is 0 Å². The predicted octanol–water partition coefficient (Wildman–Crippen LogP) is 2.63. The molecule has 0 spiro atoms. The molecule has 0 amide bonds. The second kappa shape index (κ2) is 3.89. The number of pyridine rings is 1. The third-order valence-corrected chi connectivity index (χ3v) is 2.84. The van der Waals surface area contributed by atoms with Gasteiger partial charge in [-0.2, -0.15) is 12.6 Å². The monoisotopic (exact) mass is 208 g/mol. The Morgan fingerprint density at radius 2 is 2.31 bits per heavy atom. The predicted molar refractivity (Wildman–Crippen MR) is 58.0 cm³/mol. The van der Waals surface area contributed by atoms with E-state index in [-0.39, 0.29) is 0 Å². The van der Waals surface area contributed by atoms with E-state index in [2.05, 4.69) is 22.6 Å². The minimum Gasteiger partial charge on any atom is -0.254 e. The molecule has 13 heavy (non-hydrogen) atoms. The van der Waals surface area contributed by atoms with Crippen LogP contribution in [0.1, 0.15) is 5.69 Å². The van der Waals surface area contributed by atoms with Gasteiger partial charge < -0.3 is 0 Å². The summed E-state index contributed by atoms with van der Waals surface area (Å²) in [6.07, 6.45) is 1.77. The van der Waals surface area contributed by atoms with E-state index in [0.29, 0.717) is 5.75 Å². The van der Waals surface area contributed by atoms with Gasteiger partial charge in [-0.1, -0.05) is 6.07 Å². The first-order chi connectivity index (χ1) is 6.40. The van der Waals surface area contributed by atoms with Gasteiger partial charge in [0.1, 0.15) is 5.01 Å². The number of thiazole rings is 1. The molecule has 4 heteroatoms. The Labute approximate surface area is 86.1 Å². The van der Waals surface area contributed by atoms with E-state index in [4.69, 9.17) is 0 Å². The van der Waals surface area contributed by atoms with Crippen molar-refractivity contribution in [2.75, 3.05) is 0 Å². The van der Waals surface area contributed by atoms with Crippen molar-refractivity contribution >= 4 is 24.0 Å². The van der Waals surface area contributed by atoms with Crippen molar-refractivity contribution in [2.45, 2.75) is 5.75 Å². The molecule has 2 aromatic rings. The van der Waals surface area contributed by atoms with Crippen molar-refractivity contribution in [2.24, 2.45) is 0 Å². The zero-order valence-corrected chi connectivity index (χ0v) is 8.55. The van der Waals surface area contributed by atoms with E-state index in [1.165, 1.54) is 0 Å². The van der Waals surface area contributed by atoms with Gasteiger partial charge in [0.15, 0.2) is 0 Å². The molecule has 2 rings (SSSR count). The molecule has 0 aliphatic heterocycles. The van der Waals surface area contributed by atoms with Crippen LogP contribution in [0.5, 0.6) is 0 Å². The van der Waals surface area contributed by atoms with Crippen LogP contribution in [0.25, 0.3) is 10.7 Å². The smallest absolute Gasteiger partial charge is 0.142 e. The van der Waals surface area contributed by atoms with Crippen LogP contribution >= 0.6 is 24.0 Å². The Hall–Kier alpha value is -0.870. The van der Waals surface area contributed by atoms with Crippen LogP contribution in [0.4, 0.5) is 0 Å². The van der Waals surface area contributed by atoms with Crippen molar-refractivity contribution in [3.8, 4) is 10.7 Å². The first kappa shape index (κ1) is 8.72. The molecule has 0 saturated carbocycles. The third-order valence-electron chi connectivity index (χ3n) is 1.60. The summed E-state index contributed by atoms with van der Waals surface area (Å²) in [7, 11) is 0. The quantitative estimate of drug-likeness (QED) is 0.768. The summed E-state index contributed by atoms with van der Waals surface area (Å²) in [4.78, 5) is 8.60. The van der Waals surface area contributed by atoms with Gasteiger partial charge in [0.05, 0.1) is 11.4 Å². The Bertz CT molecular complexity index is 384. The molecule has 0 fully saturated rings. The fourth-order valence-corrected chi connectivity index (χ4v) is 2.07. The first-order valence-electron chi connectivity index (χ1n) is 3.87. The summed E-state index contributed by atoms with van der Waals surface area (Å²) in [5.74, 6) is 0.684. The van der Waals surface area contributed by atoms with E-state index < -0.39 is 0 Å². The molecule has 0 bridgehead atoms. The summed E-state index contributed by atoms with van der Waals surface area (Å²) >= 11 is 5.76. The number of nitrogens with zero attached hydrogens (tertiary/aromatic N) is 2. The highest BCUT2D eigenvalue weighted by Crippen LogP contribution is 2.21. The Morgan fingerprint density at radius 3 is 2.92 bits per heavy atom. The lowest BCUT2D eigenvalue weighted by molar-refractivity contribution is 1.22. The number of hydrogen-bond acceptors (Lipinski definition) is 4. The highest BCUT2D eigenvalue weighted by Gasteiger charge is 2.03. The highest BCUT2D eigenvalue weighted by molar-refractivity contribution is 7.79. The number of hydrogen-bond donors (Lipinski definition) is 1. The van der Waals surface area contributed by atoms with Gasteiger partial charge >= 0.3 is 0 Å². The van der Waals surface area contributed by atoms with E-state index >= 15 is 0 Å². The normalized spacial score (nSPS) is 10.2. The highest BCUT2D eigenvalue weighted by atomic mass is 32.1. The molecule has 2 nitrogen and oxygen atoms in total. The zero-order chi connectivity index (χ0) is 9.10. The largest absolute Gasteiger partial charge is 0.254 e. The first-order valence-corrected chi connectivity index (χ1v) is 5.38. The minimum atomic E-state index is 0.684. The topological polar surface area (TPSA) is 25.8 Å². The third kappa shape index (κ3) is 1.89. The minimum absolute atomic E-state index is 0.684. The van der Waals surface area contributed by atoms with E-state index in [0.717, 1.165) is 16.4 Å². The number of rotatable bonds is 2. The van der Waals surface area contributed by atoms with Crippen molar-refractivity contribution in [3.63, 3.8) is 0 Å². The van der Waals surface area contributed by atoms with Crippen molar-refractivity contribution in [3.05, 3.63) is 35.5 Å². The van der Waals surface area contributed by atoms with Gasteiger partial charge in [-0.05, 0) is 12.1 Å². The fourth-order valence-electron chi connectivity index (χ4n) is 0.987. The molecule has 0 N–H and O–H groups in total. The van der Waals surface area contributed by atoms with E-state index in [9.17, 15) is 0 Å². The lowest BCUT2D eigenvalue weighted by Gasteiger charge is -1.91. The van der Waals surface area contributed by atoms with Crippen LogP contribution in [0.15, 0.2) is 29.8 Å². The Kier molecular flexibility index (Phi) is 2.61. The zero-order valence-electron chi connectivity index (χ0n) is 6.84. The Balaban J connectivity index is 2.36. The summed E-state index contributed by atoms with van der Waals surface area (Å²) in [6.45, 7) is 0. The van der Waals surface area contributed by atoms with Crippen LogP contribution in [0, 0.1) is 0 Å². The second-order valence-corrected chi connectivity index (χ2v) is 3.69. The number of aromatic nitrogens is 2. The van der Waals surface area contributed by atoms with Gasteiger partial charge in [0.25, 0.3) is 0 Å². The molecule has 0 aromatic carbocycles. The standard InChI is InChI=1S/C9H8N2S2/c12-5-7-6-13-9(11-7)8-3-1-2-4-10-8/h1-4,6,12H,5H2. The van der Waals surface area contributed by atoms with E-state index in [1.807, 2.05) is 23.6 Å². The molecule has 66 valence electrons. The SMILES string of the molecule is SCc1csc(-c2ccccn2)n1. The molecule has 0 aliphatic carbocycles. The Morgan fingerprint density at radius 1 is 1.38 bits per heavy atom. The fraction of sp³-hybridized carbons (Fsp3) is 0.111. The maximum atomic E-state index is 4.38. The maximum absolute atomic E-state index is 4.38. The lowest BCUT2D eigenvalue weighted by Crippen LogP contribution is -1.81. The summed E-state index contributed by atoms with van der Waals surface area (Å²) in [5.41, 5.74) is 1.94. The molecule has 0 saturated heterocycles. The maximum Gasteiger partial charge on any atom is 0.142 e. The molecular formula is C9H8N2S2. The second-order valence-electron chi connectivity index (χ2n) is 2.52. The average Bonchev–Trinajstić information content (AvgIpc) is 2.67. The van der Waals surface area contributed by atoms with E-state index in [1.54, 1.807) is 17.5 Å². The van der Waals surface area contributed by atoms with Gasteiger partial charge in [0.2, 0.25) is 0 Å². The summed E-state index contributed by atoms with van der Waals surface area (Å²) < 4.78 is 0. The van der Waals surface area contributed by atoms with Gasteiger partial charge in [-0.25, -0.2) is 4.98 Å². The molecule has 0 aliphatic rings. The lowest BCUT2D eigenvalue weighted by atomic mass is 10.4. The van der Waals surface area contributed by atoms with Crippen LogP contribution in [-0.2, 0) is 5.75 Å². The van der Waals surface area contributed by atoms with Crippen molar-refractivity contribution < 1.29 is 0 Å². The van der Waals surface area contributed by atoms with Crippen LogP contribution in [0.2, 0.25) is 0 Å². The molecule has 2 aromatic heterocycles. The van der Waals surface area contributed by atoms with Gasteiger partial charge in [-0.3, -0.25) is 4.98 Å². The number of thiol groups is 1. The molecule has 0 radical (unpaired) electrons. The molecule has 0 atom stereocenters. The molecule has 2 heterocycles. The summed E-state index contributed by atoms with van der Waals surface area (Å²) in [5, 5.41) is 2.97. The molecular weight excluding hydrogens is 200 g/mol. The van der Waals surface area contributed by atoms with Crippen molar-refractivity contribution in [1.29, 1.82) is 0 Å². The summed E-state index contributed by atoms with van der Waals surface area (Å²) in [6, 6.07) is 5.82. The van der Waals surface area contributed by atoms with Crippen molar-refractivity contribution in [1.82, 2.24) is 9.97 Å². The van der Waals surface area contributed by atoms with Gasteiger partial charge in [-0.15, -0.1) is 11.3 Å². The van der Waals surface area contributed by atoms with Crippen LogP contribution in [-0.4, -0.2) is 9.97 Å².